The zero-order chi connectivity index (χ0) is 10.4. The molecule has 0 heterocycles. The normalized spacial score (nSPS) is 8.00. The molecule has 0 saturated heterocycles. The molecule has 1 rings (SSSR count). The van der Waals surface area contributed by atoms with Gasteiger partial charge in [-0.15, -0.1) is 0 Å². The minimum atomic E-state index is -0.451. The SMILES string of the molecule is COC(=O)c1ccccc1C#CC#N. The van der Waals surface area contributed by atoms with E-state index in [0.29, 0.717) is 11.1 Å². The van der Waals surface area contributed by atoms with E-state index in [4.69, 9.17) is 5.26 Å². The van der Waals surface area contributed by atoms with Gasteiger partial charge >= 0.3 is 5.97 Å². The Bertz CT molecular complexity index is 446. The molecular formula is C11H7NO2. The zero-order valence-electron chi connectivity index (χ0n) is 7.57. The van der Waals surface area contributed by atoms with Gasteiger partial charge < -0.3 is 4.74 Å². The van der Waals surface area contributed by atoms with Gasteiger partial charge in [-0.2, -0.15) is 5.26 Å². The summed E-state index contributed by atoms with van der Waals surface area (Å²) in [6, 6.07) is 8.41. The maximum absolute atomic E-state index is 11.2. The molecule has 68 valence electrons. The molecule has 0 aliphatic carbocycles. The summed E-state index contributed by atoms with van der Waals surface area (Å²) in [6.07, 6.45) is 0. The Labute approximate surface area is 81.9 Å². The first-order valence-corrected chi connectivity index (χ1v) is 3.87. The molecule has 0 radical (unpaired) electrons. The summed E-state index contributed by atoms with van der Waals surface area (Å²) in [7, 11) is 1.30. The van der Waals surface area contributed by atoms with Crippen LogP contribution in [0.25, 0.3) is 0 Å². The molecule has 0 bridgehead atoms. The number of methoxy groups -OCH3 is 1. The lowest BCUT2D eigenvalue weighted by Gasteiger charge is -2.00. The van der Waals surface area contributed by atoms with Gasteiger partial charge in [0.1, 0.15) is 0 Å². The molecule has 3 heteroatoms. The van der Waals surface area contributed by atoms with Crippen molar-refractivity contribution in [2.24, 2.45) is 0 Å². The summed E-state index contributed by atoms with van der Waals surface area (Å²) >= 11 is 0. The van der Waals surface area contributed by atoms with Crippen molar-refractivity contribution in [3.63, 3.8) is 0 Å². The van der Waals surface area contributed by atoms with E-state index < -0.39 is 5.97 Å². The van der Waals surface area contributed by atoms with E-state index in [1.807, 2.05) is 0 Å². The number of esters is 1. The highest BCUT2D eigenvalue weighted by Crippen LogP contribution is 2.08. The Kier molecular flexibility index (Phi) is 3.29. The minimum absolute atomic E-state index is 0.373. The van der Waals surface area contributed by atoms with Gasteiger partial charge in [0.25, 0.3) is 0 Å². The van der Waals surface area contributed by atoms with Crippen LogP contribution in [0.15, 0.2) is 24.3 Å². The van der Waals surface area contributed by atoms with Crippen LogP contribution in [0.4, 0.5) is 0 Å². The summed E-state index contributed by atoms with van der Waals surface area (Å²) in [5.41, 5.74) is 0.874. The predicted molar refractivity (Wildman–Crippen MR) is 50.3 cm³/mol. The van der Waals surface area contributed by atoms with Crippen LogP contribution >= 0.6 is 0 Å². The molecule has 0 aromatic heterocycles. The zero-order valence-corrected chi connectivity index (χ0v) is 7.57. The van der Waals surface area contributed by atoms with E-state index in [-0.39, 0.29) is 0 Å². The second-order valence-electron chi connectivity index (χ2n) is 2.40. The summed E-state index contributed by atoms with van der Waals surface area (Å²) in [5, 5.41) is 8.27. The first-order chi connectivity index (χ1) is 6.79. The van der Waals surface area contributed by atoms with E-state index >= 15 is 0 Å². The van der Waals surface area contributed by atoms with E-state index in [0.717, 1.165) is 0 Å². The van der Waals surface area contributed by atoms with Gasteiger partial charge in [-0.1, -0.05) is 12.1 Å². The van der Waals surface area contributed by atoms with Crippen molar-refractivity contribution in [3.05, 3.63) is 35.4 Å². The van der Waals surface area contributed by atoms with Crippen molar-refractivity contribution >= 4 is 5.97 Å². The smallest absolute Gasteiger partial charge is 0.339 e. The van der Waals surface area contributed by atoms with Crippen molar-refractivity contribution in [1.82, 2.24) is 0 Å². The third-order valence-corrected chi connectivity index (χ3v) is 1.59. The summed E-state index contributed by atoms with van der Waals surface area (Å²) in [5.74, 6) is 4.35. The van der Waals surface area contributed by atoms with Crippen LogP contribution in [0, 0.1) is 23.2 Å². The van der Waals surface area contributed by atoms with Crippen LogP contribution in [0.1, 0.15) is 15.9 Å². The lowest BCUT2D eigenvalue weighted by molar-refractivity contribution is 0.0600. The Balaban J connectivity index is 3.17. The number of benzene rings is 1. The van der Waals surface area contributed by atoms with E-state index in [9.17, 15) is 4.79 Å². The molecule has 0 N–H and O–H groups in total. The third kappa shape index (κ3) is 2.12. The highest BCUT2D eigenvalue weighted by Gasteiger charge is 2.08. The molecule has 0 fully saturated rings. The summed E-state index contributed by atoms with van der Waals surface area (Å²) in [6.45, 7) is 0. The van der Waals surface area contributed by atoms with Crippen LogP contribution in [0.2, 0.25) is 0 Å². The van der Waals surface area contributed by atoms with Gasteiger partial charge in [0.05, 0.1) is 12.7 Å². The lowest BCUT2D eigenvalue weighted by atomic mass is 10.1. The number of hydrogen-bond acceptors (Lipinski definition) is 3. The average Bonchev–Trinajstić information content (AvgIpc) is 2.25. The highest BCUT2D eigenvalue weighted by atomic mass is 16.5. The van der Waals surface area contributed by atoms with Crippen LogP contribution in [-0.4, -0.2) is 13.1 Å². The molecule has 3 nitrogen and oxygen atoms in total. The monoisotopic (exact) mass is 185 g/mol. The fourth-order valence-electron chi connectivity index (χ4n) is 0.975. The number of hydrogen-bond donors (Lipinski definition) is 0. The Morgan fingerprint density at radius 2 is 2.14 bits per heavy atom. The number of nitriles is 1. The fraction of sp³-hybridized carbons (Fsp3) is 0.0909. The predicted octanol–water partition coefficient (Wildman–Crippen LogP) is 1.35. The van der Waals surface area contributed by atoms with Crippen LogP contribution in [0.3, 0.4) is 0 Å². The average molecular weight is 185 g/mol. The van der Waals surface area contributed by atoms with Crippen LogP contribution in [0.5, 0.6) is 0 Å². The first-order valence-electron chi connectivity index (χ1n) is 3.87. The van der Waals surface area contributed by atoms with Crippen molar-refractivity contribution < 1.29 is 9.53 Å². The molecule has 1 aromatic carbocycles. The Hall–Kier alpha value is -2.26. The number of nitrogens with zero attached hydrogens (tertiary/aromatic N) is 1. The molecule has 0 atom stereocenters. The maximum atomic E-state index is 11.2. The van der Waals surface area contributed by atoms with Crippen molar-refractivity contribution in [2.45, 2.75) is 0 Å². The third-order valence-electron chi connectivity index (χ3n) is 1.59. The number of carbonyl (C=O) groups excluding carboxylic acids is 1. The molecule has 0 unspecified atom stereocenters. The largest absolute Gasteiger partial charge is 0.465 e. The fourth-order valence-corrected chi connectivity index (χ4v) is 0.975. The molecule has 0 amide bonds. The Morgan fingerprint density at radius 3 is 2.79 bits per heavy atom. The maximum Gasteiger partial charge on any atom is 0.339 e. The number of rotatable bonds is 1. The van der Waals surface area contributed by atoms with Crippen molar-refractivity contribution in [1.29, 1.82) is 5.26 Å². The standard InChI is InChI=1S/C11H7NO2/c1-14-11(13)10-7-3-2-5-9(10)6-4-8-12/h2-3,5,7H,1H3. The number of ether oxygens (including phenoxy) is 1. The molecular weight excluding hydrogens is 178 g/mol. The molecule has 0 spiro atoms. The minimum Gasteiger partial charge on any atom is -0.465 e. The quantitative estimate of drug-likeness (QED) is 0.490. The van der Waals surface area contributed by atoms with Gasteiger partial charge in [0.15, 0.2) is 6.07 Å². The topological polar surface area (TPSA) is 50.1 Å². The molecule has 0 aliphatic rings. The second kappa shape index (κ2) is 4.69. The molecule has 0 aliphatic heterocycles. The van der Waals surface area contributed by atoms with E-state index in [1.165, 1.54) is 7.11 Å². The van der Waals surface area contributed by atoms with Crippen LogP contribution in [-0.2, 0) is 4.74 Å². The molecule has 14 heavy (non-hydrogen) atoms. The van der Waals surface area contributed by atoms with Crippen molar-refractivity contribution in [2.75, 3.05) is 7.11 Å². The highest BCUT2D eigenvalue weighted by molar-refractivity contribution is 5.92. The van der Waals surface area contributed by atoms with Crippen molar-refractivity contribution in [3.8, 4) is 17.9 Å². The lowest BCUT2D eigenvalue weighted by Crippen LogP contribution is -2.03. The Morgan fingerprint density at radius 1 is 1.43 bits per heavy atom. The van der Waals surface area contributed by atoms with Gasteiger partial charge in [0, 0.05) is 11.5 Å². The second-order valence-corrected chi connectivity index (χ2v) is 2.40. The van der Waals surface area contributed by atoms with E-state index in [1.54, 1.807) is 30.3 Å². The molecule has 0 saturated carbocycles. The first kappa shape index (κ1) is 9.83. The van der Waals surface area contributed by atoms with E-state index in [2.05, 4.69) is 16.6 Å². The summed E-state index contributed by atoms with van der Waals surface area (Å²) in [4.78, 5) is 11.2. The molecule has 1 aromatic rings. The van der Waals surface area contributed by atoms with Gasteiger partial charge in [-0.05, 0) is 18.1 Å². The van der Waals surface area contributed by atoms with Gasteiger partial charge in [0.2, 0.25) is 0 Å². The number of carbonyl (C=O) groups is 1. The van der Waals surface area contributed by atoms with Gasteiger partial charge in [-0.25, -0.2) is 4.79 Å². The van der Waals surface area contributed by atoms with Crippen LogP contribution < -0.4 is 0 Å². The van der Waals surface area contributed by atoms with Gasteiger partial charge in [-0.3, -0.25) is 0 Å². The summed E-state index contributed by atoms with van der Waals surface area (Å²) < 4.78 is 4.57.